The van der Waals surface area contributed by atoms with Crippen LogP contribution in [0.4, 0.5) is 14.7 Å². The maximum atomic E-state index is 12.3. The molecule has 1 atom stereocenters. The van der Waals surface area contributed by atoms with Gasteiger partial charge < -0.3 is 10.1 Å². The predicted molar refractivity (Wildman–Crippen MR) is 94.0 cm³/mol. The highest BCUT2D eigenvalue weighted by Crippen LogP contribution is 2.32. The van der Waals surface area contributed by atoms with Crippen molar-refractivity contribution >= 4 is 11.6 Å². The van der Waals surface area contributed by atoms with Crippen molar-refractivity contribution in [3.8, 4) is 5.75 Å². The zero-order valence-electron chi connectivity index (χ0n) is 13.9. The van der Waals surface area contributed by atoms with E-state index in [1.807, 2.05) is 37.3 Å². The number of rotatable bonds is 4. The number of aryl methyl sites for hydroxylation is 1. The van der Waals surface area contributed by atoms with Gasteiger partial charge in [-0.15, -0.1) is 0 Å². The lowest BCUT2D eigenvalue weighted by Gasteiger charge is -2.24. The Bertz CT molecular complexity index is 933. The summed E-state index contributed by atoms with van der Waals surface area (Å²) >= 11 is 0. The maximum Gasteiger partial charge on any atom is 0.387 e. The number of alkyl halides is 2. The Morgan fingerprint density at radius 1 is 1.08 bits per heavy atom. The fraction of sp³-hybridized carbons (Fsp3) is 0.158. The molecule has 0 bridgehead atoms. The molecule has 7 heteroatoms. The van der Waals surface area contributed by atoms with Crippen molar-refractivity contribution in [2.45, 2.75) is 19.6 Å². The van der Waals surface area contributed by atoms with Gasteiger partial charge in [-0.1, -0.05) is 42.0 Å². The second kappa shape index (κ2) is 6.59. The van der Waals surface area contributed by atoms with E-state index in [0.717, 1.165) is 16.8 Å². The van der Waals surface area contributed by atoms with E-state index in [2.05, 4.69) is 20.1 Å². The van der Waals surface area contributed by atoms with Crippen molar-refractivity contribution in [2.24, 2.45) is 0 Å². The van der Waals surface area contributed by atoms with Gasteiger partial charge in [-0.3, -0.25) is 0 Å². The van der Waals surface area contributed by atoms with E-state index < -0.39 is 6.61 Å². The number of allylic oxidation sites excluding steroid dienone is 1. The van der Waals surface area contributed by atoms with Gasteiger partial charge in [-0.2, -0.15) is 18.9 Å². The molecule has 1 aliphatic rings. The van der Waals surface area contributed by atoms with Gasteiger partial charge in [0.2, 0.25) is 5.95 Å². The van der Waals surface area contributed by atoms with Crippen LogP contribution in [0.15, 0.2) is 60.9 Å². The van der Waals surface area contributed by atoms with Crippen molar-refractivity contribution < 1.29 is 13.5 Å². The quantitative estimate of drug-likeness (QED) is 0.761. The van der Waals surface area contributed by atoms with E-state index in [1.54, 1.807) is 16.8 Å². The molecule has 1 aliphatic heterocycles. The van der Waals surface area contributed by atoms with Gasteiger partial charge in [0.25, 0.3) is 0 Å². The number of halogens is 2. The van der Waals surface area contributed by atoms with Crippen molar-refractivity contribution in [3.05, 3.63) is 77.6 Å². The number of hydrogen-bond acceptors (Lipinski definition) is 4. The molecule has 1 N–H and O–H groups in total. The molecule has 1 unspecified atom stereocenters. The van der Waals surface area contributed by atoms with Crippen LogP contribution in [0.3, 0.4) is 0 Å². The lowest BCUT2D eigenvalue weighted by Crippen LogP contribution is -2.20. The lowest BCUT2D eigenvalue weighted by molar-refractivity contribution is -0.0498. The second-order valence-corrected chi connectivity index (χ2v) is 5.99. The van der Waals surface area contributed by atoms with E-state index in [4.69, 9.17) is 0 Å². The van der Waals surface area contributed by atoms with Crippen molar-refractivity contribution in [3.63, 3.8) is 0 Å². The average Bonchev–Trinajstić information content (AvgIpc) is 3.10. The van der Waals surface area contributed by atoms with E-state index in [1.165, 1.54) is 24.0 Å². The van der Waals surface area contributed by atoms with E-state index in [-0.39, 0.29) is 11.8 Å². The number of nitrogens with one attached hydrogen (secondary N) is 1. The Kier molecular flexibility index (Phi) is 4.12. The molecule has 1 aromatic heterocycles. The van der Waals surface area contributed by atoms with E-state index in [9.17, 15) is 8.78 Å². The first-order valence-corrected chi connectivity index (χ1v) is 8.10. The number of aromatic nitrogens is 3. The van der Waals surface area contributed by atoms with Crippen LogP contribution in [-0.2, 0) is 0 Å². The lowest BCUT2D eigenvalue weighted by atomic mass is 10.0. The summed E-state index contributed by atoms with van der Waals surface area (Å²) in [5.74, 6) is 0.750. The molecule has 0 spiro atoms. The Morgan fingerprint density at radius 2 is 1.81 bits per heavy atom. The molecule has 3 aromatic rings. The molecule has 0 saturated carbocycles. The number of ether oxygens (including phenoxy) is 1. The van der Waals surface area contributed by atoms with Gasteiger partial charge in [0, 0.05) is 5.70 Å². The van der Waals surface area contributed by atoms with Gasteiger partial charge in [-0.25, -0.2) is 4.68 Å². The minimum absolute atomic E-state index is 0.124. The third-order valence-electron chi connectivity index (χ3n) is 4.22. The van der Waals surface area contributed by atoms with Gasteiger partial charge >= 0.3 is 6.61 Å². The van der Waals surface area contributed by atoms with Crippen LogP contribution in [0, 0.1) is 6.92 Å². The Morgan fingerprint density at radius 3 is 2.50 bits per heavy atom. The molecule has 0 radical (unpaired) electrons. The van der Waals surface area contributed by atoms with Crippen LogP contribution >= 0.6 is 0 Å². The minimum Gasteiger partial charge on any atom is -0.435 e. The van der Waals surface area contributed by atoms with Crippen LogP contribution < -0.4 is 10.1 Å². The van der Waals surface area contributed by atoms with Gasteiger partial charge in [0.15, 0.2) is 0 Å². The zero-order chi connectivity index (χ0) is 18.1. The first-order chi connectivity index (χ1) is 12.6. The number of benzene rings is 2. The number of hydrogen-bond donors (Lipinski definition) is 1. The smallest absolute Gasteiger partial charge is 0.387 e. The van der Waals surface area contributed by atoms with Crippen molar-refractivity contribution in [2.75, 3.05) is 5.32 Å². The number of anilines is 1. The molecule has 4 rings (SSSR count). The fourth-order valence-electron chi connectivity index (χ4n) is 2.92. The first kappa shape index (κ1) is 16.3. The highest BCUT2D eigenvalue weighted by molar-refractivity contribution is 5.77. The molecule has 0 amide bonds. The van der Waals surface area contributed by atoms with Gasteiger partial charge in [-0.05, 0) is 36.3 Å². The summed E-state index contributed by atoms with van der Waals surface area (Å²) < 4.78 is 30.8. The van der Waals surface area contributed by atoms with Crippen molar-refractivity contribution in [1.82, 2.24) is 14.8 Å². The zero-order valence-corrected chi connectivity index (χ0v) is 13.9. The third kappa shape index (κ3) is 3.15. The standard InChI is InChI=1S/C19H16F2N4O/c1-12-2-4-13(5-3-12)16-10-17(25-19(24-16)22-11-23-25)14-6-8-15(9-7-14)26-18(20)21/h2-11,17-18H,1H3,(H,22,23,24). The molecule has 132 valence electrons. The minimum atomic E-state index is -2.84. The summed E-state index contributed by atoms with van der Waals surface area (Å²) in [6.45, 7) is -0.802. The number of fused-ring (bicyclic) bond motifs is 1. The molecule has 26 heavy (non-hydrogen) atoms. The first-order valence-electron chi connectivity index (χ1n) is 8.10. The summed E-state index contributed by atoms with van der Waals surface area (Å²) in [4.78, 5) is 4.26. The molecule has 0 fully saturated rings. The molecule has 5 nitrogen and oxygen atoms in total. The van der Waals surface area contributed by atoms with Crippen LogP contribution in [0.2, 0.25) is 0 Å². The molecular weight excluding hydrogens is 338 g/mol. The largest absolute Gasteiger partial charge is 0.435 e. The van der Waals surface area contributed by atoms with Gasteiger partial charge in [0.1, 0.15) is 18.1 Å². The van der Waals surface area contributed by atoms with Crippen LogP contribution in [0.25, 0.3) is 5.70 Å². The third-order valence-corrected chi connectivity index (χ3v) is 4.22. The summed E-state index contributed by atoms with van der Waals surface area (Å²) in [5.41, 5.74) is 4.03. The van der Waals surface area contributed by atoms with E-state index in [0.29, 0.717) is 5.95 Å². The summed E-state index contributed by atoms with van der Waals surface area (Å²) in [5, 5.41) is 7.55. The summed E-state index contributed by atoms with van der Waals surface area (Å²) in [7, 11) is 0. The van der Waals surface area contributed by atoms with Crippen LogP contribution in [-0.4, -0.2) is 21.4 Å². The molecule has 2 heterocycles. The average molecular weight is 354 g/mol. The molecule has 0 aliphatic carbocycles. The normalized spacial score (nSPS) is 16.0. The van der Waals surface area contributed by atoms with Gasteiger partial charge in [0.05, 0.1) is 0 Å². The SMILES string of the molecule is Cc1ccc(C2=CC(c3ccc(OC(F)F)cc3)n3ncnc3N2)cc1. The molecular formula is C19H16F2N4O. The summed E-state index contributed by atoms with van der Waals surface area (Å²) in [6.07, 6.45) is 3.52. The Labute approximate surface area is 148 Å². The Balaban J connectivity index is 1.70. The van der Waals surface area contributed by atoms with Crippen LogP contribution in [0.5, 0.6) is 5.75 Å². The van der Waals surface area contributed by atoms with E-state index >= 15 is 0 Å². The topological polar surface area (TPSA) is 52.0 Å². The fourth-order valence-corrected chi connectivity index (χ4v) is 2.92. The molecule has 2 aromatic carbocycles. The monoisotopic (exact) mass is 354 g/mol. The maximum absolute atomic E-state index is 12.3. The molecule has 0 saturated heterocycles. The van der Waals surface area contributed by atoms with Crippen LogP contribution in [0.1, 0.15) is 22.7 Å². The highest BCUT2D eigenvalue weighted by atomic mass is 19.3. The number of nitrogens with zero attached hydrogens (tertiary/aromatic N) is 3. The highest BCUT2D eigenvalue weighted by Gasteiger charge is 2.23. The second-order valence-electron chi connectivity index (χ2n) is 5.99. The summed E-state index contributed by atoms with van der Waals surface area (Å²) in [6, 6.07) is 14.5. The Hall–Kier alpha value is -3.22. The van der Waals surface area contributed by atoms with Crippen molar-refractivity contribution in [1.29, 1.82) is 0 Å². The predicted octanol–water partition coefficient (Wildman–Crippen LogP) is 4.24.